The monoisotopic (exact) mass is 397 g/mol. The number of nitrogens with one attached hydrogen (secondary N) is 1. The topological polar surface area (TPSA) is 12.0 Å². The van der Waals surface area contributed by atoms with Crippen LogP contribution < -0.4 is 5.32 Å². The molecule has 0 bridgehead atoms. The van der Waals surface area contributed by atoms with Gasteiger partial charge in [-0.2, -0.15) is 0 Å². The zero-order valence-corrected chi connectivity index (χ0v) is 14.9. The molecule has 0 saturated heterocycles. The maximum Gasteiger partial charge on any atom is 0.124 e. The average Bonchev–Trinajstić information content (AvgIpc) is 2.44. The van der Waals surface area contributed by atoms with E-state index in [9.17, 15) is 4.39 Å². The average molecular weight is 397 g/mol. The van der Waals surface area contributed by atoms with Gasteiger partial charge in [-0.1, -0.05) is 36.8 Å². The predicted octanol–water partition coefficient (Wildman–Crippen LogP) is 5.14. The first-order valence-corrected chi connectivity index (χ1v) is 8.36. The van der Waals surface area contributed by atoms with Gasteiger partial charge in [0.1, 0.15) is 5.82 Å². The summed E-state index contributed by atoms with van der Waals surface area (Å²) in [5.74, 6) is -0.182. The van der Waals surface area contributed by atoms with E-state index in [1.165, 1.54) is 16.7 Å². The molecule has 1 atom stereocenters. The van der Waals surface area contributed by atoms with Crippen molar-refractivity contribution < 1.29 is 4.39 Å². The normalized spacial score (nSPS) is 12.4. The number of rotatable bonds is 5. The molecule has 0 aliphatic rings. The molecular formula is C18H21FIN. The summed E-state index contributed by atoms with van der Waals surface area (Å²) in [5.41, 5.74) is 4.91. The second kappa shape index (κ2) is 7.36. The minimum Gasteiger partial charge on any atom is -0.306 e. The van der Waals surface area contributed by atoms with Crippen molar-refractivity contribution in [3.8, 4) is 0 Å². The Morgan fingerprint density at radius 3 is 2.52 bits per heavy atom. The number of hydrogen-bond acceptors (Lipinski definition) is 1. The highest BCUT2D eigenvalue weighted by Gasteiger charge is 2.18. The molecule has 2 aromatic rings. The fourth-order valence-corrected chi connectivity index (χ4v) is 3.27. The minimum absolute atomic E-state index is 0.109. The first-order valence-electron chi connectivity index (χ1n) is 7.28. The Hall–Kier alpha value is -0.940. The second-order valence-electron chi connectivity index (χ2n) is 5.41. The van der Waals surface area contributed by atoms with E-state index in [-0.39, 0.29) is 11.9 Å². The second-order valence-corrected chi connectivity index (χ2v) is 6.58. The summed E-state index contributed by atoms with van der Waals surface area (Å²) in [6.45, 7) is 7.33. The zero-order chi connectivity index (χ0) is 15.4. The van der Waals surface area contributed by atoms with E-state index < -0.39 is 0 Å². The molecule has 0 radical (unpaired) electrons. The Morgan fingerprint density at radius 2 is 1.86 bits per heavy atom. The van der Waals surface area contributed by atoms with E-state index in [4.69, 9.17) is 0 Å². The predicted molar refractivity (Wildman–Crippen MR) is 95.2 cm³/mol. The van der Waals surface area contributed by atoms with Crippen molar-refractivity contribution in [1.29, 1.82) is 0 Å². The fraction of sp³-hybridized carbons (Fsp3) is 0.333. The van der Waals surface area contributed by atoms with Crippen molar-refractivity contribution in [1.82, 2.24) is 5.32 Å². The Balaban J connectivity index is 2.49. The van der Waals surface area contributed by atoms with E-state index >= 15 is 0 Å². The van der Waals surface area contributed by atoms with Crippen molar-refractivity contribution in [2.24, 2.45) is 0 Å². The number of benzene rings is 2. The highest BCUT2D eigenvalue weighted by atomic mass is 127. The standard InChI is InChI=1S/C18H21FIN/c1-4-9-21-18(15-8-7-14(19)11-17(15)20)16-10-12(2)5-6-13(16)3/h5-8,10-11,18,21H,4,9H2,1-3H3. The first kappa shape index (κ1) is 16.4. The number of aryl methyl sites for hydroxylation is 2. The van der Waals surface area contributed by atoms with Gasteiger partial charge in [0.15, 0.2) is 0 Å². The molecule has 0 fully saturated rings. The minimum atomic E-state index is -0.182. The van der Waals surface area contributed by atoms with Gasteiger partial charge >= 0.3 is 0 Å². The van der Waals surface area contributed by atoms with Crippen LogP contribution in [0.4, 0.5) is 4.39 Å². The van der Waals surface area contributed by atoms with Gasteiger partial charge in [-0.15, -0.1) is 0 Å². The highest BCUT2D eigenvalue weighted by molar-refractivity contribution is 14.1. The molecule has 0 spiro atoms. The Labute approximate surface area is 140 Å². The summed E-state index contributed by atoms with van der Waals surface area (Å²) in [6.07, 6.45) is 1.07. The van der Waals surface area contributed by atoms with Crippen LogP contribution in [-0.2, 0) is 0 Å². The van der Waals surface area contributed by atoms with Crippen molar-refractivity contribution in [3.63, 3.8) is 0 Å². The lowest BCUT2D eigenvalue weighted by Gasteiger charge is -2.23. The first-order chi connectivity index (χ1) is 10.0. The molecule has 0 aliphatic carbocycles. The molecule has 1 unspecified atom stereocenters. The summed E-state index contributed by atoms with van der Waals surface area (Å²) < 4.78 is 14.3. The SMILES string of the molecule is CCCNC(c1cc(C)ccc1C)c1ccc(F)cc1I. The summed E-state index contributed by atoms with van der Waals surface area (Å²) in [6, 6.07) is 11.7. The summed E-state index contributed by atoms with van der Waals surface area (Å²) >= 11 is 2.22. The van der Waals surface area contributed by atoms with Crippen molar-refractivity contribution >= 4 is 22.6 Å². The molecule has 0 amide bonds. The van der Waals surface area contributed by atoms with E-state index in [0.717, 1.165) is 22.1 Å². The summed E-state index contributed by atoms with van der Waals surface area (Å²) in [4.78, 5) is 0. The molecule has 0 heterocycles. The fourth-order valence-electron chi connectivity index (χ4n) is 2.48. The van der Waals surface area contributed by atoms with Gasteiger partial charge in [-0.25, -0.2) is 4.39 Å². The Bertz CT molecular complexity index is 625. The molecule has 2 aromatic carbocycles. The summed E-state index contributed by atoms with van der Waals surface area (Å²) in [5, 5.41) is 3.60. The quantitative estimate of drug-likeness (QED) is 0.690. The highest BCUT2D eigenvalue weighted by Crippen LogP contribution is 2.29. The Kier molecular flexibility index (Phi) is 5.76. The number of hydrogen-bond donors (Lipinski definition) is 1. The number of halogens is 2. The van der Waals surface area contributed by atoms with Crippen LogP contribution in [0.5, 0.6) is 0 Å². The summed E-state index contributed by atoms with van der Waals surface area (Å²) in [7, 11) is 0. The lowest BCUT2D eigenvalue weighted by atomic mass is 9.93. The van der Waals surface area contributed by atoms with Crippen LogP contribution in [0.3, 0.4) is 0 Å². The molecule has 3 heteroatoms. The molecule has 2 rings (SSSR count). The van der Waals surface area contributed by atoms with Crippen LogP contribution in [0.1, 0.15) is 41.6 Å². The molecule has 1 nitrogen and oxygen atoms in total. The molecule has 0 aromatic heterocycles. The lowest BCUT2D eigenvalue weighted by Crippen LogP contribution is -2.25. The van der Waals surface area contributed by atoms with E-state index in [2.05, 4.69) is 66.9 Å². The smallest absolute Gasteiger partial charge is 0.124 e. The lowest BCUT2D eigenvalue weighted by molar-refractivity contribution is 0.588. The zero-order valence-electron chi connectivity index (χ0n) is 12.7. The third-order valence-corrected chi connectivity index (χ3v) is 4.55. The largest absolute Gasteiger partial charge is 0.306 e. The van der Waals surface area contributed by atoms with Gasteiger partial charge in [0.25, 0.3) is 0 Å². The van der Waals surface area contributed by atoms with Gasteiger partial charge in [0, 0.05) is 3.57 Å². The molecule has 21 heavy (non-hydrogen) atoms. The van der Waals surface area contributed by atoms with E-state index in [1.54, 1.807) is 12.1 Å². The van der Waals surface area contributed by atoms with Crippen molar-refractivity contribution in [2.75, 3.05) is 6.54 Å². The van der Waals surface area contributed by atoms with Crippen molar-refractivity contribution in [2.45, 2.75) is 33.2 Å². The van der Waals surface area contributed by atoms with Crippen LogP contribution in [-0.4, -0.2) is 6.54 Å². The van der Waals surface area contributed by atoms with Crippen LogP contribution in [0.2, 0.25) is 0 Å². The van der Waals surface area contributed by atoms with Crippen LogP contribution in [0.15, 0.2) is 36.4 Å². The van der Waals surface area contributed by atoms with Gasteiger partial charge in [-0.3, -0.25) is 0 Å². The molecule has 1 N–H and O–H groups in total. The molecule has 0 saturated carbocycles. The van der Waals surface area contributed by atoms with E-state index in [0.29, 0.717) is 0 Å². The molecule has 112 valence electrons. The van der Waals surface area contributed by atoms with E-state index in [1.807, 2.05) is 6.07 Å². The maximum atomic E-state index is 13.4. The van der Waals surface area contributed by atoms with Crippen LogP contribution >= 0.6 is 22.6 Å². The van der Waals surface area contributed by atoms with Gasteiger partial charge in [-0.05, 0) is 78.2 Å². The van der Waals surface area contributed by atoms with Gasteiger partial charge in [0.05, 0.1) is 6.04 Å². The third-order valence-electron chi connectivity index (χ3n) is 3.62. The van der Waals surface area contributed by atoms with Gasteiger partial charge < -0.3 is 5.32 Å². The molecular weight excluding hydrogens is 376 g/mol. The van der Waals surface area contributed by atoms with Crippen LogP contribution in [0.25, 0.3) is 0 Å². The van der Waals surface area contributed by atoms with Crippen molar-refractivity contribution in [3.05, 3.63) is 68.0 Å². The third kappa shape index (κ3) is 4.04. The Morgan fingerprint density at radius 1 is 1.10 bits per heavy atom. The molecule has 0 aliphatic heterocycles. The van der Waals surface area contributed by atoms with Crippen LogP contribution in [0, 0.1) is 23.2 Å². The maximum absolute atomic E-state index is 13.4. The van der Waals surface area contributed by atoms with Gasteiger partial charge in [0.2, 0.25) is 0 Å².